The summed E-state index contributed by atoms with van der Waals surface area (Å²) in [5.74, 6) is 2.11. The molecule has 0 aromatic heterocycles. The number of amides is 1. The third-order valence-corrected chi connectivity index (χ3v) is 5.44. The maximum absolute atomic E-state index is 12.9. The van der Waals surface area contributed by atoms with Crippen molar-refractivity contribution in [2.24, 2.45) is 17.6 Å². The molecule has 4 heteroatoms. The summed E-state index contributed by atoms with van der Waals surface area (Å²) in [4.78, 5) is 14.9. The van der Waals surface area contributed by atoms with Crippen LogP contribution in [0, 0.1) is 11.8 Å². The van der Waals surface area contributed by atoms with E-state index in [2.05, 4.69) is 0 Å². The third-order valence-electron chi connectivity index (χ3n) is 5.44. The summed E-state index contributed by atoms with van der Waals surface area (Å²) in [5.41, 5.74) is 9.06. The minimum atomic E-state index is 0.0864. The topological polar surface area (TPSA) is 55.6 Å². The molecule has 2 aromatic rings. The van der Waals surface area contributed by atoms with E-state index in [0.29, 0.717) is 12.5 Å². The molecule has 1 aliphatic heterocycles. The number of hydrogen-bond donors (Lipinski definition) is 1. The Morgan fingerprint density at radius 3 is 2.52 bits per heavy atom. The average Bonchev–Trinajstić information content (AvgIpc) is 3.43. The molecule has 2 N–H and O–H groups in total. The normalized spacial score (nSPS) is 22.9. The fourth-order valence-corrected chi connectivity index (χ4v) is 3.86. The fraction of sp³-hybridized carbons (Fsp3) is 0.381. The van der Waals surface area contributed by atoms with Crippen molar-refractivity contribution in [3.05, 3.63) is 54.1 Å². The summed E-state index contributed by atoms with van der Waals surface area (Å²) >= 11 is 0. The largest absolute Gasteiger partial charge is 0.497 e. The third kappa shape index (κ3) is 3.27. The lowest BCUT2D eigenvalue weighted by Gasteiger charge is -2.17. The highest BCUT2D eigenvalue weighted by Crippen LogP contribution is 2.41. The van der Waals surface area contributed by atoms with Crippen LogP contribution in [0.15, 0.2) is 48.5 Å². The SMILES string of the molecule is COc1cccc(-c2cccc(C(=O)N3C[C@H](C4CC4)[C@@H](N)C3)c2)c1. The van der Waals surface area contributed by atoms with Crippen molar-refractivity contribution in [1.29, 1.82) is 0 Å². The summed E-state index contributed by atoms with van der Waals surface area (Å²) < 4.78 is 5.30. The van der Waals surface area contributed by atoms with Crippen LogP contribution < -0.4 is 10.5 Å². The van der Waals surface area contributed by atoms with Gasteiger partial charge in [-0.05, 0) is 60.1 Å². The molecule has 1 saturated carbocycles. The Kier molecular flexibility index (Phi) is 4.22. The molecule has 2 fully saturated rings. The molecular formula is C21H24N2O2. The monoisotopic (exact) mass is 336 g/mol. The first-order chi connectivity index (χ1) is 12.2. The molecule has 0 bridgehead atoms. The number of nitrogens with zero attached hydrogens (tertiary/aromatic N) is 1. The van der Waals surface area contributed by atoms with Gasteiger partial charge in [-0.1, -0.05) is 24.3 Å². The van der Waals surface area contributed by atoms with E-state index >= 15 is 0 Å². The second-order valence-electron chi connectivity index (χ2n) is 7.19. The fourth-order valence-electron chi connectivity index (χ4n) is 3.86. The van der Waals surface area contributed by atoms with Gasteiger partial charge in [-0.2, -0.15) is 0 Å². The number of hydrogen-bond acceptors (Lipinski definition) is 3. The Morgan fingerprint density at radius 2 is 1.80 bits per heavy atom. The number of carbonyl (C=O) groups excluding carboxylic acids is 1. The van der Waals surface area contributed by atoms with Crippen molar-refractivity contribution in [2.75, 3.05) is 20.2 Å². The second-order valence-corrected chi connectivity index (χ2v) is 7.19. The second kappa shape index (κ2) is 6.52. The van der Waals surface area contributed by atoms with E-state index in [1.54, 1.807) is 7.11 Å². The Hall–Kier alpha value is -2.33. The summed E-state index contributed by atoms with van der Waals surface area (Å²) in [6, 6.07) is 15.8. The average molecular weight is 336 g/mol. The van der Waals surface area contributed by atoms with Gasteiger partial charge in [0.15, 0.2) is 0 Å². The van der Waals surface area contributed by atoms with Crippen LogP contribution in [0.25, 0.3) is 11.1 Å². The van der Waals surface area contributed by atoms with Crippen molar-refractivity contribution >= 4 is 5.91 Å². The predicted octanol–water partition coefficient (Wildman–Crippen LogP) is 3.17. The molecule has 130 valence electrons. The van der Waals surface area contributed by atoms with E-state index in [-0.39, 0.29) is 11.9 Å². The lowest BCUT2D eigenvalue weighted by Crippen LogP contribution is -2.32. The van der Waals surface area contributed by atoms with Crippen LogP contribution in [-0.4, -0.2) is 37.0 Å². The molecule has 0 spiro atoms. The molecule has 2 aromatic carbocycles. The van der Waals surface area contributed by atoms with Crippen LogP contribution in [0.3, 0.4) is 0 Å². The number of carbonyl (C=O) groups is 1. The first-order valence-corrected chi connectivity index (χ1v) is 8.95. The molecule has 2 aliphatic rings. The van der Waals surface area contributed by atoms with E-state index in [0.717, 1.165) is 34.9 Å². The maximum atomic E-state index is 12.9. The summed E-state index contributed by atoms with van der Waals surface area (Å²) in [6.07, 6.45) is 2.54. The number of methoxy groups -OCH3 is 1. The Labute approximate surface area is 148 Å². The van der Waals surface area contributed by atoms with Crippen molar-refractivity contribution in [2.45, 2.75) is 18.9 Å². The predicted molar refractivity (Wildman–Crippen MR) is 98.5 cm³/mol. The van der Waals surface area contributed by atoms with Crippen LogP contribution >= 0.6 is 0 Å². The van der Waals surface area contributed by atoms with Crippen molar-refractivity contribution in [3.63, 3.8) is 0 Å². The smallest absolute Gasteiger partial charge is 0.253 e. The van der Waals surface area contributed by atoms with Gasteiger partial charge in [0.25, 0.3) is 5.91 Å². The molecule has 0 radical (unpaired) electrons. The van der Waals surface area contributed by atoms with Crippen LogP contribution in [-0.2, 0) is 0 Å². The minimum Gasteiger partial charge on any atom is -0.497 e. The number of likely N-dealkylation sites (tertiary alicyclic amines) is 1. The standard InChI is InChI=1S/C21H24N2O2/c1-25-18-7-3-5-16(11-18)15-4-2-6-17(10-15)21(24)23-12-19(14-8-9-14)20(22)13-23/h2-7,10-11,14,19-20H,8-9,12-13,22H2,1H3/t19-,20+/m1/s1. The minimum absolute atomic E-state index is 0.0864. The molecule has 2 atom stereocenters. The van der Waals surface area contributed by atoms with Gasteiger partial charge in [0.2, 0.25) is 0 Å². The van der Waals surface area contributed by atoms with Crippen molar-refractivity contribution in [3.8, 4) is 16.9 Å². The molecule has 4 rings (SSSR count). The molecule has 0 unspecified atom stereocenters. The Bertz CT molecular complexity index is 785. The first-order valence-electron chi connectivity index (χ1n) is 8.95. The number of rotatable bonds is 4. The van der Waals surface area contributed by atoms with E-state index in [1.807, 2.05) is 53.4 Å². The van der Waals surface area contributed by atoms with Crippen molar-refractivity contribution < 1.29 is 9.53 Å². The summed E-state index contributed by atoms with van der Waals surface area (Å²) in [7, 11) is 1.66. The molecular weight excluding hydrogens is 312 g/mol. The zero-order valence-corrected chi connectivity index (χ0v) is 14.5. The van der Waals surface area contributed by atoms with Gasteiger partial charge in [0.05, 0.1) is 7.11 Å². The van der Waals surface area contributed by atoms with E-state index in [1.165, 1.54) is 12.8 Å². The summed E-state index contributed by atoms with van der Waals surface area (Å²) in [6.45, 7) is 1.47. The molecule has 25 heavy (non-hydrogen) atoms. The summed E-state index contributed by atoms with van der Waals surface area (Å²) in [5, 5.41) is 0. The zero-order valence-electron chi connectivity index (χ0n) is 14.5. The van der Waals surface area contributed by atoms with Gasteiger partial charge in [-0.15, -0.1) is 0 Å². The van der Waals surface area contributed by atoms with Gasteiger partial charge < -0.3 is 15.4 Å². The van der Waals surface area contributed by atoms with Gasteiger partial charge in [-0.25, -0.2) is 0 Å². The van der Waals surface area contributed by atoms with Crippen LogP contribution in [0.1, 0.15) is 23.2 Å². The van der Waals surface area contributed by atoms with Gasteiger partial charge in [0, 0.05) is 24.7 Å². The lowest BCUT2D eigenvalue weighted by molar-refractivity contribution is 0.0785. The number of nitrogens with two attached hydrogens (primary N) is 1. The molecule has 1 amide bonds. The highest BCUT2D eigenvalue weighted by molar-refractivity contribution is 5.95. The van der Waals surface area contributed by atoms with Crippen molar-refractivity contribution in [1.82, 2.24) is 4.90 Å². The first kappa shape index (κ1) is 16.2. The number of ether oxygens (including phenoxy) is 1. The van der Waals surface area contributed by atoms with E-state index in [4.69, 9.17) is 10.5 Å². The Balaban J connectivity index is 1.55. The lowest BCUT2D eigenvalue weighted by atomic mass is 9.99. The van der Waals surface area contributed by atoms with Gasteiger partial charge in [-0.3, -0.25) is 4.79 Å². The highest BCUT2D eigenvalue weighted by Gasteiger charge is 2.42. The van der Waals surface area contributed by atoms with Crippen LogP contribution in [0.4, 0.5) is 0 Å². The van der Waals surface area contributed by atoms with Crippen LogP contribution in [0.2, 0.25) is 0 Å². The zero-order chi connectivity index (χ0) is 17.4. The number of benzene rings is 2. The molecule has 1 saturated heterocycles. The Morgan fingerprint density at radius 1 is 1.08 bits per heavy atom. The van der Waals surface area contributed by atoms with E-state index < -0.39 is 0 Å². The maximum Gasteiger partial charge on any atom is 0.253 e. The van der Waals surface area contributed by atoms with Gasteiger partial charge >= 0.3 is 0 Å². The molecule has 1 heterocycles. The van der Waals surface area contributed by atoms with Crippen LogP contribution in [0.5, 0.6) is 5.75 Å². The molecule has 1 aliphatic carbocycles. The highest BCUT2D eigenvalue weighted by atomic mass is 16.5. The van der Waals surface area contributed by atoms with Gasteiger partial charge in [0.1, 0.15) is 5.75 Å². The van der Waals surface area contributed by atoms with E-state index in [9.17, 15) is 4.79 Å². The molecule has 4 nitrogen and oxygen atoms in total. The quantitative estimate of drug-likeness (QED) is 0.933.